The molecule has 0 heterocycles. The van der Waals surface area contributed by atoms with Gasteiger partial charge in [0.25, 0.3) is 0 Å². The van der Waals surface area contributed by atoms with E-state index in [2.05, 4.69) is 17.4 Å². The molecule has 1 aliphatic carbocycles. The molecule has 27 heavy (non-hydrogen) atoms. The molecule has 1 atom stereocenters. The van der Waals surface area contributed by atoms with Gasteiger partial charge >= 0.3 is 5.97 Å². The zero-order valence-electron chi connectivity index (χ0n) is 15.5. The average Bonchev–Trinajstić information content (AvgIpc) is 2.70. The first-order valence-electron chi connectivity index (χ1n) is 9.33. The monoisotopic (exact) mass is 367 g/mol. The van der Waals surface area contributed by atoms with Crippen molar-refractivity contribution in [3.8, 4) is 5.75 Å². The second-order valence-electron chi connectivity index (χ2n) is 6.92. The van der Waals surface area contributed by atoms with Crippen LogP contribution in [0.3, 0.4) is 0 Å². The summed E-state index contributed by atoms with van der Waals surface area (Å²) < 4.78 is 5.30. The van der Waals surface area contributed by atoms with E-state index in [1.165, 1.54) is 11.1 Å². The number of hydrogen-bond acceptors (Lipinski definition) is 3. The van der Waals surface area contributed by atoms with Crippen LogP contribution in [0.4, 0.5) is 0 Å². The molecule has 2 aromatic carbocycles. The average molecular weight is 367 g/mol. The molecule has 0 saturated heterocycles. The zero-order chi connectivity index (χ0) is 19.2. The standard InChI is InChI=1S/C22H25NO4/c1-27-18-10-11-19-16(13-18)6-4-7-17(19)14-23-21(24)12-9-15-5-2-3-8-20(15)22(25)26/h2-3,5,8,10-11,13,17H,4,6-7,9,12,14H2,1H3,(H,23,24)(H,25,26). The third-order valence-electron chi connectivity index (χ3n) is 5.20. The molecule has 0 bridgehead atoms. The van der Waals surface area contributed by atoms with E-state index in [9.17, 15) is 14.7 Å². The van der Waals surface area contributed by atoms with Crippen LogP contribution in [-0.4, -0.2) is 30.6 Å². The molecule has 5 heteroatoms. The van der Waals surface area contributed by atoms with Gasteiger partial charge in [-0.3, -0.25) is 4.79 Å². The number of carboxylic acids is 1. The summed E-state index contributed by atoms with van der Waals surface area (Å²) in [6.07, 6.45) is 3.91. The van der Waals surface area contributed by atoms with E-state index in [-0.39, 0.29) is 17.9 Å². The van der Waals surface area contributed by atoms with E-state index in [1.54, 1.807) is 31.4 Å². The maximum absolute atomic E-state index is 12.3. The molecule has 0 radical (unpaired) electrons. The highest BCUT2D eigenvalue weighted by molar-refractivity contribution is 5.89. The van der Waals surface area contributed by atoms with Gasteiger partial charge in [-0.2, -0.15) is 0 Å². The minimum atomic E-state index is -0.958. The largest absolute Gasteiger partial charge is 0.497 e. The lowest BCUT2D eigenvalue weighted by Crippen LogP contribution is -2.30. The zero-order valence-corrected chi connectivity index (χ0v) is 15.5. The minimum Gasteiger partial charge on any atom is -0.497 e. The van der Waals surface area contributed by atoms with E-state index >= 15 is 0 Å². The van der Waals surface area contributed by atoms with Crippen LogP contribution in [0.15, 0.2) is 42.5 Å². The van der Waals surface area contributed by atoms with Gasteiger partial charge in [-0.15, -0.1) is 0 Å². The SMILES string of the molecule is COc1ccc2c(c1)CCCC2CNC(=O)CCc1ccccc1C(=O)O. The summed E-state index contributed by atoms with van der Waals surface area (Å²) in [7, 11) is 1.67. The smallest absolute Gasteiger partial charge is 0.335 e. The van der Waals surface area contributed by atoms with Crippen molar-refractivity contribution in [2.45, 2.75) is 38.0 Å². The molecule has 0 saturated carbocycles. The van der Waals surface area contributed by atoms with Gasteiger partial charge in [-0.05, 0) is 60.6 Å². The number of benzene rings is 2. The molecule has 0 aromatic heterocycles. The summed E-state index contributed by atoms with van der Waals surface area (Å²) >= 11 is 0. The van der Waals surface area contributed by atoms with Crippen LogP contribution in [0.5, 0.6) is 5.75 Å². The van der Waals surface area contributed by atoms with Gasteiger partial charge in [0.1, 0.15) is 5.75 Å². The quantitative estimate of drug-likeness (QED) is 0.785. The van der Waals surface area contributed by atoms with E-state index in [0.717, 1.165) is 25.0 Å². The number of amides is 1. The number of carbonyl (C=O) groups excluding carboxylic acids is 1. The fourth-order valence-electron chi connectivity index (χ4n) is 3.75. The first-order chi connectivity index (χ1) is 13.1. The Balaban J connectivity index is 1.56. The topological polar surface area (TPSA) is 75.6 Å². The van der Waals surface area contributed by atoms with Crippen molar-refractivity contribution in [3.05, 3.63) is 64.7 Å². The molecular formula is C22H25NO4. The minimum absolute atomic E-state index is 0.0455. The molecule has 5 nitrogen and oxygen atoms in total. The van der Waals surface area contributed by atoms with Crippen LogP contribution in [-0.2, 0) is 17.6 Å². The van der Waals surface area contributed by atoms with Crippen molar-refractivity contribution in [1.29, 1.82) is 0 Å². The fourth-order valence-corrected chi connectivity index (χ4v) is 3.75. The number of rotatable bonds is 7. The number of hydrogen-bond donors (Lipinski definition) is 2. The highest BCUT2D eigenvalue weighted by Gasteiger charge is 2.21. The van der Waals surface area contributed by atoms with Gasteiger partial charge in [0.15, 0.2) is 0 Å². The molecule has 2 aromatic rings. The van der Waals surface area contributed by atoms with Crippen molar-refractivity contribution >= 4 is 11.9 Å². The first kappa shape index (κ1) is 19.0. The van der Waals surface area contributed by atoms with Gasteiger partial charge in [0.2, 0.25) is 5.91 Å². The van der Waals surface area contributed by atoms with Crippen molar-refractivity contribution < 1.29 is 19.4 Å². The third-order valence-corrected chi connectivity index (χ3v) is 5.20. The Bertz CT molecular complexity index is 831. The Morgan fingerprint density at radius 2 is 2.04 bits per heavy atom. The van der Waals surface area contributed by atoms with E-state index in [1.807, 2.05) is 6.07 Å². The van der Waals surface area contributed by atoms with Crippen LogP contribution in [0.1, 0.15) is 52.2 Å². The Morgan fingerprint density at radius 1 is 1.22 bits per heavy atom. The molecule has 2 N–H and O–H groups in total. The highest BCUT2D eigenvalue weighted by atomic mass is 16.5. The molecule has 3 rings (SSSR count). The molecular weight excluding hydrogens is 342 g/mol. The first-order valence-corrected chi connectivity index (χ1v) is 9.33. The predicted octanol–water partition coefficient (Wildman–Crippen LogP) is 3.56. The van der Waals surface area contributed by atoms with Crippen LogP contribution in [0, 0.1) is 0 Å². The van der Waals surface area contributed by atoms with Crippen molar-refractivity contribution in [3.63, 3.8) is 0 Å². The molecule has 0 spiro atoms. The number of aryl methyl sites for hydroxylation is 2. The number of carboxylic acid groups (broad SMARTS) is 1. The van der Waals surface area contributed by atoms with Crippen molar-refractivity contribution in [1.82, 2.24) is 5.32 Å². The lowest BCUT2D eigenvalue weighted by molar-refractivity contribution is -0.121. The molecule has 1 unspecified atom stereocenters. The maximum atomic E-state index is 12.3. The maximum Gasteiger partial charge on any atom is 0.335 e. The third kappa shape index (κ3) is 4.67. The lowest BCUT2D eigenvalue weighted by atomic mass is 9.82. The van der Waals surface area contributed by atoms with Crippen molar-refractivity contribution in [2.75, 3.05) is 13.7 Å². The van der Waals surface area contributed by atoms with Gasteiger partial charge in [-0.25, -0.2) is 4.79 Å². The van der Waals surface area contributed by atoms with E-state index < -0.39 is 5.97 Å². The highest BCUT2D eigenvalue weighted by Crippen LogP contribution is 2.33. The molecule has 0 fully saturated rings. The summed E-state index contributed by atoms with van der Waals surface area (Å²) in [6.45, 7) is 0.610. The number of fused-ring (bicyclic) bond motifs is 1. The van der Waals surface area contributed by atoms with Gasteiger partial charge in [0, 0.05) is 18.9 Å². The normalized spacial score (nSPS) is 15.7. The van der Waals surface area contributed by atoms with Gasteiger partial charge in [0.05, 0.1) is 12.7 Å². The van der Waals surface area contributed by atoms with E-state index in [0.29, 0.717) is 24.4 Å². The molecule has 1 aliphatic rings. The second-order valence-corrected chi connectivity index (χ2v) is 6.92. The number of methoxy groups -OCH3 is 1. The number of ether oxygens (including phenoxy) is 1. The molecule has 142 valence electrons. The van der Waals surface area contributed by atoms with Crippen LogP contribution >= 0.6 is 0 Å². The Labute approximate surface area is 159 Å². The molecule has 0 aliphatic heterocycles. The Kier molecular flexibility index (Phi) is 6.12. The van der Waals surface area contributed by atoms with Crippen LogP contribution in [0.2, 0.25) is 0 Å². The van der Waals surface area contributed by atoms with Crippen LogP contribution in [0.25, 0.3) is 0 Å². The number of nitrogens with one attached hydrogen (secondary N) is 1. The lowest BCUT2D eigenvalue weighted by Gasteiger charge is -2.26. The second kappa shape index (κ2) is 8.71. The fraction of sp³-hybridized carbons (Fsp3) is 0.364. The van der Waals surface area contributed by atoms with E-state index in [4.69, 9.17) is 4.74 Å². The summed E-state index contributed by atoms with van der Waals surface area (Å²) in [5.74, 6) is 0.182. The summed E-state index contributed by atoms with van der Waals surface area (Å²) in [5, 5.41) is 12.2. The van der Waals surface area contributed by atoms with Gasteiger partial charge in [-0.1, -0.05) is 24.3 Å². The summed E-state index contributed by atoms with van der Waals surface area (Å²) in [6, 6.07) is 13.0. The van der Waals surface area contributed by atoms with Crippen molar-refractivity contribution in [2.24, 2.45) is 0 Å². The molecule has 1 amide bonds. The van der Waals surface area contributed by atoms with Gasteiger partial charge < -0.3 is 15.2 Å². The number of carbonyl (C=O) groups is 2. The Morgan fingerprint density at radius 3 is 2.81 bits per heavy atom. The Hall–Kier alpha value is -2.82. The number of aromatic carboxylic acids is 1. The summed E-state index contributed by atoms with van der Waals surface area (Å²) in [5.41, 5.74) is 3.55. The summed E-state index contributed by atoms with van der Waals surface area (Å²) in [4.78, 5) is 23.5. The predicted molar refractivity (Wildman–Crippen MR) is 103 cm³/mol. The van der Waals surface area contributed by atoms with Crippen LogP contribution < -0.4 is 10.1 Å².